The highest BCUT2D eigenvalue weighted by Crippen LogP contribution is 2.42. The van der Waals surface area contributed by atoms with Gasteiger partial charge in [-0.2, -0.15) is 0 Å². The molecule has 0 atom stereocenters. The molecule has 11 heteroatoms. The van der Waals surface area contributed by atoms with Crippen LogP contribution >= 0.6 is 0 Å². The zero-order valence-corrected chi connectivity index (χ0v) is 48.8. The van der Waals surface area contributed by atoms with Gasteiger partial charge in [-0.15, -0.1) is 0 Å². The topological polar surface area (TPSA) is 80.1 Å². The fourth-order valence-electron chi connectivity index (χ4n) is 14.7. The number of rotatable bonds is 9. The van der Waals surface area contributed by atoms with Crippen molar-refractivity contribution in [1.29, 1.82) is 0 Å². The summed E-state index contributed by atoms with van der Waals surface area (Å²) in [5.74, 6) is 3.65. The summed E-state index contributed by atoms with van der Waals surface area (Å²) >= 11 is 0. The summed E-state index contributed by atoms with van der Waals surface area (Å²) < 4.78 is 13.9. The van der Waals surface area contributed by atoms with Gasteiger partial charge in [0, 0.05) is 44.5 Å². The van der Waals surface area contributed by atoms with Crippen molar-refractivity contribution >= 4 is 128 Å². The van der Waals surface area contributed by atoms with Crippen molar-refractivity contribution in [3.8, 4) is 34.4 Å². The van der Waals surface area contributed by atoms with Crippen LogP contribution in [0.15, 0.2) is 303 Å². The Morgan fingerprint density at radius 2 is 0.618 bits per heavy atom. The molecule has 89 heavy (non-hydrogen) atoms. The molecule has 19 rings (SSSR count). The molecule has 0 N–H and O–H groups in total. The Morgan fingerprint density at radius 1 is 0.247 bits per heavy atom. The first-order valence-electron chi connectivity index (χ1n) is 30.1. The van der Waals surface area contributed by atoms with Gasteiger partial charge in [-0.1, -0.05) is 212 Å². The fraction of sp³-hybridized carbons (Fsp3) is 0. The molecule has 0 spiro atoms. The standard InChI is InChI=1S/C78H50N10Si/c1-6-26-52(27-7-1)83-64-41-20-22-43-66(64)85-68-47-45-60-58-37-16-18-39-62(58)87(74(60)72(68)81-77(83)85)70-50-71(80-76(79-70)51-25-24-36-57(49-51)89(54-30-10-3-11-31-54,55-32-12-4-13-33-55)56-34-14-5-15-35-56)88-63-40-19-17-38-59(63)61-46-48-69-73(75(61)88)82-78-84(53-28-8-2-9-29-53)65-42-21-23-44-67(65)86(69)78/h1-50H. The Labute approximate surface area is 510 Å². The Morgan fingerprint density at radius 3 is 1.06 bits per heavy atom. The largest absolute Gasteiger partial charge is 0.291 e. The van der Waals surface area contributed by atoms with Gasteiger partial charge < -0.3 is 0 Å². The van der Waals surface area contributed by atoms with E-state index in [1.54, 1.807) is 0 Å². The van der Waals surface area contributed by atoms with E-state index in [0.717, 1.165) is 116 Å². The van der Waals surface area contributed by atoms with E-state index in [2.05, 4.69) is 330 Å². The van der Waals surface area contributed by atoms with Crippen molar-refractivity contribution in [3.05, 3.63) is 303 Å². The third-order valence-electron chi connectivity index (χ3n) is 18.4. The molecule has 0 aliphatic carbocycles. The first-order chi connectivity index (χ1) is 44.2. The van der Waals surface area contributed by atoms with Gasteiger partial charge in [0.2, 0.25) is 11.6 Å². The lowest BCUT2D eigenvalue weighted by molar-refractivity contribution is 0.995. The van der Waals surface area contributed by atoms with Gasteiger partial charge in [0.25, 0.3) is 0 Å². The molecule has 19 aromatic rings. The Kier molecular flexibility index (Phi) is 10.6. The molecule has 0 saturated carbocycles. The molecule has 10 nitrogen and oxygen atoms in total. The second-order valence-electron chi connectivity index (χ2n) is 23.0. The minimum Gasteiger partial charge on any atom is -0.291 e. The lowest BCUT2D eigenvalue weighted by Gasteiger charge is -2.34. The van der Waals surface area contributed by atoms with Crippen LogP contribution in [0, 0.1) is 0 Å². The van der Waals surface area contributed by atoms with Crippen LogP contribution in [0.5, 0.6) is 0 Å². The summed E-state index contributed by atoms with van der Waals surface area (Å²) in [6.07, 6.45) is 0. The number of benzene rings is 12. The van der Waals surface area contributed by atoms with Gasteiger partial charge in [0.15, 0.2) is 13.9 Å². The summed E-state index contributed by atoms with van der Waals surface area (Å²) in [6, 6.07) is 109. The highest BCUT2D eigenvalue weighted by molar-refractivity contribution is 7.20. The summed E-state index contributed by atoms with van der Waals surface area (Å²) in [5.41, 5.74) is 14.9. The molecule has 0 radical (unpaired) electrons. The van der Waals surface area contributed by atoms with Crippen molar-refractivity contribution in [1.82, 2.24) is 47.0 Å². The average Bonchev–Trinajstić information content (AvgIpc) is 1.60. The van der Waals surface area contributed by atoms with Crippen LogP contribution in [-0.2, 0) is 0 Å². The molecule has 416 valence electrons. The van der Waals surface area contributed by atoms with E-state index in [9.17, 15) is 0 Å². The molecular formula is C78H50N10Si. The van der Waals surface area contributed by atoms with Crippen molar-refractivity contribution < 1.29 is 0 Å². The molecule has 0 amide bonds. The van der Waals surface area contributed by atoms with Crippen LogP contribution in [0.4, 0.5) is 0 Å². The SMILES string of the molecule is c1ccc(-n2c3ccccc3n3c4ccc5c6ccccc6n(-c6cc(-n7c8ccccc8c8ccc9c(nc%10n(-c%11ccccc%11)c%11ccccc%11n9%10)c87)nc(-c7cccc([Si](c8ccccc8)(c8ccccc8)c8ccccc8)c7)n6)c5c4nc23)cc1. The van der Waals surface area contributed by atoms with Crippen molar-refractivity contribution in [2.75, 3.05) is 0 Å². The van der Waals surface area contributed by atoms with Gasteiger partial charge in [0.05, 0.1) is 55.2 Å². The van der Waals surface area contributed by atoms with Gasteiger partial charge in [-0.05, 0) is 106 Å². The van der Waals surface area contributed by atoms with Gasteiger partial charge in [-0.25, -0.2) is 19.9 Å². The zero-order valence-electron chi connectivity index (χ0n) is 47.8. The smallest absolute Gasteiger partial charge is 0.220 e. The van der Waals surface area contributed by atoms with E-state index in [1.165, 1.54) is 20.7 Å². The van der Waals surface area contributed by atoms with Crippen molar-refractivity contribution in [2.45, 2.75) is 0 Å². The Bertz CT molecular complexity index is 5660. The monoisotopic (exact) mass is 1150 g/mol. The van der Waals surface area contributed by atoms with E-state index < -0.39 is 8.07 Å². The lowest BCUT2D eigenvalue weighted by atomic mass is 10.1. The van der Waals surface area contributed by atoms with Gasteiger partial charge >= 0.3 is 0 Å². The number of hydrogen-bond donors (Lipinski definition) is 0. The molecule has 7 aromatic heterocycles. The molecule has 0 bridgehead atoms. The Balaban J connectivity index is 0.944. The van der Waals surface area contributed by atoms with Crippen molar-refractivity contribution in [2.24, 2.45) is 0 Å². The minimum atomic E-state index is -3.01. The highest BCUT2D eigenvalue weighted by atomic mass is 28.3. The number of nitrogens with zero attached hydrogens (tertiary/aromatic N) is 10. The summed E-state index contributed by atoms with van der Waals surface area (Å²) in [5, 5.41) is 9.43. The lowest BCUT2D eigenvalue weighted by Crippen LogP contribution is -2.74. The van der Waals surface area contributed by atoms with E-state index >= 15 is 0 Å². The van der Waals surface area contributed by atoms with Crippen LogP contribution < -0.4 is 20.7 Å². The van der Waals surface area contributed by atoms with E-state index in [-0.39, 0.29) is 0 Å². The van der Waals surface area contributed by atoms with Gasteiger partial charge in [0.1, 0.15) is 22.7 Å². The summed E-state index contributed by atoms with van der Waals surface area (Å²) in [7, 11) is -3.01. The Hall–Kier alpha value is -11.9. The van der Waals surface area contributed by atoms with Crippen LogP contribution in [0.2, 0.25) is 0 Å². The molecule has 0 saturated heterocycles. The minimum absolute atomic E-state index is 0.584. The average molecular weight is 1160 g/mol. The summed E-state index contributed by atoms with van der Waals surface area (Å²) in [4.78, 5) is 23.3. The zero-order chi connectivity index (χ0) is 58.3. The first-order valence-corrected chi connectivity index (χ1v) is 32.1. The van der Waals surface area contributed by atoms with Crippen LogP contribution in [0.1, 0.15) is 0 Å². The fourth-order valence-corrected chi connectivity index (χ4v) is 19.5. The maximum atomic E-state index is 5.88. The molecule has 0 unspecified atom stereocenters. The second kappa shape index (κ2) is 19.0. The van der Waals surface area contributed by atoms with Crippen LogP contribution in [0.25, 0.3) is 134 Å². The first kappa shape index (κ1) is 49.3. The number of aromatic nitrogens is 10. The molecular weight excluding hydrogens is 1110 g/mol. The maximum Gasteiger partial charge on any atom is 0.220 e. The molecule has 0 aliphatic heterocycles. The quantitative estimate of drug-likeness (QED) is 0.107. The molecule has 7 heterocycles. The third-order valence-corrected chi connectivity index (χ3v) is 23.1. The number of hydrogen-bond acceptors (Lipinski definition) is 4. The van der Waals surface area contributed by atoms with Crippen LogP contribution in [0.3, 0.4) is 0 Å². The van der Waals surface area contributed by atoms with E-state index in [0.29, 0.717) is 17.5 Å². The van der Waals surface area contributed by atoms with E-state index in [1.807, 2.05) is 0 Å². The predicted molar refractivity (Wildman–Crippen MR) is 366 cm³/mol. The van der Waals surface area contributed by atoms with E-state index in [4.69, 9.17) is 19.9 Å². The summed E-state index contributed by atoms with van der Waals surface area (Å²) in [6.45, 7) is 0. The predicted octanol–water partition coefficient (Wildman–Crippen LogP) is 15.2. The number of fused-ring (bicyclic) bond motifs is 18. The molecule has 0 aliphatic rings. The third kappa shape index (κ3) is 7.01. The van der Waals surface area contributed by atoms with Crippen molar-refractivity contribution in [3.63, 3.8) is 0 Å². The second-order valence-corrected chi connectivity index (χ2v) is 26.8. The maximum absolute atomic E-state index is 5.88. The van der Waals surface area contributed by atoms with Gasteiger partial charge in [-0.3, -0.25) is 27.1 Å². The number of para-hydroxylation sites is 8. The number of imidazole rings is 4. The molecule has 12 aromatic carbocycles. The molecule has 0 fully saturated rings. The normalized spacial score (nSPS) is 12.3. The van der Waals surface area contributed by atoms with Crippen LogP contribution in [-0.4, -0.2) is 55.1 Å². The highest BCUT2D eigenvalue weighted by Gasteiger charge is 2.41.